The summed E-state index contributed by atoms with van der Waals surface area (Å²) in [5.74, 6) is -0.931. The maximum atomic E-state index is 12.1. The number of carbonyl (C=O) groups is 2. The van der Waals surface area contributed by atoms with Gasteiger partial charge < -0.3 is 34.8 Å². The van der Waals surface area contributed by atoms with E-state index in [1.807, 2.05) is 53.1 Å². The molecule has 0 bridgehead atoms. The van der Waals surface area contributed by atoms with Gasteiger partial charge in [-0.2, -0.15) is 0 Å². The lowest BCUT2D eigenvalue weighted by molar-refractivity contribution is -0.143. The Bertz CT molecular complexity index is 919. The van der Waals surface area contributed by atoms with Crippen molar-refractivity contribution in [2.75, 3.05) is 0 Å². The molecule has 0 saturated carbocycles. The van der Waals surface area contributed by atoms with Gasteiger partial charge in [-0.25, -0.2) is 9.59 Å². The fourth-order valence-electron chi connectivity index (χ4n) is 3.67. The van der Waals surface area contributed by atoms with Gasteiger partial charge in [0.15, 0.2) is 44.7 Å². The molecule has 0 amide bonds. The zero-order chi connectivity index (χ0) is 35.5. The van der Waals surface area contributed by atoms with Crippen LogP contribution in [0.3, 0.4) is 0 Å². The molecule has 1 N–H and O–H groups in total. The first-order chi connectivity index (χ1) is 19.5. The summed E-state index contributed by atoms with van der Waals surface area (Å²) in [6.07, 6.45) is 1.05. The summed E-state index contributed by atoms with van der Waals surface area (Å²) in [5, 5.41) is 0. The Morgan fingerprint density at radius 1 is 0.636 bits per heavy atom. The predicted octanol–water partition coefficient (Wildman–Crippen LogP) is 6.27. The molecule has 0 fully saturated rings. The van der Waals surface area contributed by atoms with Crippen LogP contribution in [0.4, 0.5) is 0 Å². The molecule has 17 heteroatoms. The van der Waals surface area contributed by atoms with E-state index in [9.17, 15) is 14.4 Å². The quantitative estimate of drug-likeness (QED) is 0.0978. The number of hydrogen-bond acceptors (Lipinski definition) is 10. The fraction of sp³-hybridized carbons (Fsp3) is 0.778. The van der Waals surface area contributed by atoms with E-state index in [4.69, 9.17) is 30.0 Å². The Labute approximate surface area is 277 Å². The van der Waals surface area contributed by atoms with Crippen LogP contribution in [0.5, 0.6) is 0 Å². The molecule has 260 valence electrons. The smallest absolute Gasteiger partial charge is 0.455 e. The summed E-state index contributed by atoms with van der Waals surface area (Å²) in [6, 6.07) is 0. The van der Waals surface area contributed by atoms with Crippen LogP contribution in [-0.2, 0) is 39.6 Å². The molecule has 0 rings (SSSR count). The molecule has 0 aliphatic carbocycles. The maximum Gasteiger partial charge on any atom is 0.520 e. The molecular weight excluding hydrogens is 681 g/mol. The van der Waals surface area contributed by atoms with Crippen LogP contribution in [0.1, 0.15) is 40.5 Å². The molecule has 10 nitrogen and oxygen atoms in total. The van der Waals surface area contributed by atoms with E-state index in [0.717, 1.165) is 0 Å². The molecule has 0 saturated heterocycles. The van der Waals surface area contributed by atoms with Crippen molar-refractivity contribution in [3.05, 3.63) is 24.3 Å². The molecule has 0 aromatic heterocycles. The molecule has 0 heterocycles. The van der Waals surface area contributed by atoms with Crippen molar-refractivity contribution in [3.8, 4) is 0 Å². The highest BCUT2D eigenvalue weighted by Crippen LogP contribution is 2.29. The van der Waals surface area contributed by atoms with Gasteiger partial charge in [0.2, 0.25) is 0 Å². The lowest BCUT2D eigenvalue weighted by Gasteiger charge is -2.42. The van der Waals surface area contributed by atoms with Crippen molar-refractivity contribution in [2.45, 2.75) is 137 Å². The Morgan fingerprint density at radius 3 is 1.16 bits per heavy atom. The third-order valence-corrected chi connectivity index (χ3v) is 24.7. The van der Waals surface area contributed by atoms with Gasteiger partial charge in [-0.05, 0) is 105 Å². The molecule has 0 aliphatic heterocycles. The number of rotatable bonds is 18. The minimum atomic E-state index is -3.62. The summed E-state index contributed by atoms with van der Waals surface area (Å²) in [7, 11) is -15.5. The van der Waals surface area contributed by atoms with E-state index in [2.05, 4.69) is 59.0 Å². The molecule has 2 atom stereocenters. The average Bonchev–Trinajstić information content (AvgIpc) is 2.75. The van der Waals surface area contributed by atoms with Crippen molar-refractivity contribution in [1.82, 2.24) is 0 Å². The van der Waals surface area contributed by atoms with Gasteiger partial charge in [0.05, 0.1) is 0 Å². The van der Waals surface area contributed by atoms with E-state index in [1.165, 1.54) is 0 Å². The van der Waals surface area contributed by atoms with Crippen LogP contribution in [0.15, 0.2) is 24.3 Å². The molecule has 44 heavy (non-hydrogen) atoms. The largest absolute Gasteiger partial charge is 0.520 e. The third kappa shape index (κ3) is 19.4. The lowest BCUT2D eigenvalue weighted by atomic mass is 10.4. The average molecular weight is 745 g/mol. The highest BCUT2D eigenvalue weighted by atomic mass is 28.5. The van der Waals surface area contributed by atoms with Crippen LogP contribution >= 0.6 is 0 Å². The highest BCUT2D eigenvalue weighted by Gasteiger charge is 2.55. The maximum absolute atomic E-state index is 12.1. The first-order valence-electron chi connectivity index (χ1n) is 15.4. The van der Waals surface area contributed by atoms with Gasteiger partial charge in [0, 0.05) is 11.1 Å². The van der Waals surface area contributed by atoms with Gasteiger partial charge in [0.25, 0.3) is 0 Å². The van der Waals surface area contributed by atoms with Crippen molar-refractivity contribution in [3.63, 3.8) is 0 Å². The molecule has 0 spiro atoms. The second kappa shape index (κ2) is 18.3. The summed E-state index contributed by atoms with van der Waals surface area (Å²) >= 11 is 0. The Kier molecular flexibility index (Phi) is 19.1. The van der Waals surface area contributed by atoms with Crippen LogP contribution in [0.2, 0.25) is 85.1 Å². The predicted molar refractivity (Wildman–Crippen MR) is 197 cm³/mol. The number of esters is 2. The highest BCUT2D eigenvalue weighted by molar-refractivity contribution is 6.87. The number of hydrogen-bond donors (Lipinski definition) is 1. The molecule has 0 aliphatic rings. The third-order valence-electron chi connectivity index (χ3n) is 4.89. The van der Waals surface area contributed by atoms with E-state index in [0.29, 0.717) is 24.0 Å². The molecule has 0 radical (unpaired) electrons. The van der Waals surface area contributed by atoms with Crippen LogP contribution in [0.25, 0.3) is 0 Å². The second-order valence-electron chi connectivity index (χ2n) is 14.7. The summed E-state index contributed by atoms with van der Waals surface area (Å²) < 4.78 is 42.2. The lowest BCUT2D eigenvalue weighted by Crippen LogP contribution is -2.65. The van der Waals surface area contributed by atoms with Crippen LogP contribution in [0, 0.1) is 0 Å². The zero-order valence-corrected chi connectivity index (χ0v) is 38.2. The van der Waals surface area contributed by atoms with E-state index in [1.54, 1.807) is 13.8 Å². The zero-order valence-electron chi connectivity index (χ0n) is 30.8. The van der Waals surface area contributed by atoms with Crippen molar-refractivity contribution in [2.24, 2.45) is 0 Å². The van der Waals surface area contributed by atoms with Gasteiger partial charge in [0.1, 0.15) is 9.76 Å². The molecule has 2 unspecified atom stereocenters. The van der Waals surface area contributed by atoms with Crippen molar-refractivity contribution in [1.29, 1.82) is 0 Å². The minimum absolute atomic E-state index is 0.297. The first kappa shape index (κ1) is 45.8. The van der Waals surface area contributed by atoms with Gasteiger partial charge in [-0.15, -0.1) is 0 Å². The Morgan fingerprint density at radius 2 is 0.932 bits per heavy atom. The van der Waals surface area contributed by atoms with Crippen molar-refractivity contribution < 1.29 is 44.4 Å². The van der Waals surface area contributed by atoms with Gasteiger partial charge in [-0.3, -0.25) is 0 Å². The minimum Gasteiger partial charge on any atom is -0.455 e. The van der Waals surface area contributed by atoms with Crippen LogP contribution in [-0.4, -0.2) is 88.8 Å². The molecule has 0 aromatic carbocycles. The summed E-state index contributed by atoms with van der Waals surface area (Å²) in [6.45, 7) is 40.8. The Balaban J connectivity index is 0. The monoisotopic (exact) mass is 744 g/mol. The number of carbonyl (C=O) groups excluding carboxylic acids is 2. The van der Waals surface area contributed by atoms with Crippen LogP contribution < -0.4 is 0 Å². The summed E-state index contributed by atoms with van der Waals surface area (Å²) in [4.78, 5) is 34.9. The standard InChI is InChI=1S/C14H34O5Si4.C13H30O5Si3/c1-11-13(16-14(15)12(2)3)23(17-20-4,18-21(5,6)7)19-22(8,9)10;1-10-12(16-13(14)11(2)3)21(15,17-19(4,5)6)18-20(7,8)9/h13H,2,11,20H2,1,3-10H3;12,15H,2,10H2,1,3-9H3. The van der Waals surface area contributed by atoms with E-state index in [-0.39, 0.29) is 0 Å². The second-order valence-corrected chi connectivity index (χ2v) is 40.3. The summed E-state index contributed by atoms with van der Waals surface area (Å²) in [5.41, 5.74) is -0.551. The molecule has 0 aromatic rings. The molecular formula is C27H64O10Si7. The van der Waals surface area contributed by atoms with E-state index < -0.39 is 84.0 Å². The first-order valence-corrected chi connectivity index (χ1v) is 34.6. The SMILES string of the molecule is C=C(C)C(=O)OC(CC)[Si](O)(O[Si](C)(C)C)O[Si](C)(C)C.C=C(C)C(=O)OC(CC)[Si](O[SiH2]C)(O[Si](C)(C)C)O[Si](C)(C)C. The normalized spacial score (nSPS) is 14.9. The fourth-order valence-corrected chi connectivity index (χ4v) is 26.1. The Hall–Kier alpha value is -0.302. The van der Waals surface area contributed by atoms with Crippen molar-refractivity contribution >= 4 is 72.6 Å². The van der Waals surface area contributed by atoms with E-state index >= 15 is 0 Å². The number of ether oxygens (including phenoxy) is 2. The topological polar surface area (TPSA) is 119 Å². The van der Waals surface area contributed by atoms with Gasteiger partial charge >= 0.3 is 29.5 Å². The van der Waals surface area contributed by atoms with Gasteiger partial charge in [-0.1, -0.05) is 33.6 Å².